The molecule has 0 saturated heterocycles. The van der Waals surface area contributed by atoms with Crippen LogP contribution in [0.15, 0.2) is 6.33 Å². The summed E-state index contributed by atoms with van der Waals surface area (Å²) in [4.78, 5) is 6.84. The van der Waals surface area contributed by atoms with Crippen LogP contribution in [0.3, 0.4) is 0 Å². The van der Waals surface area contributed by atoms with Gasteiger partial charge in [-0.1, -0.05) is 20.8 Å². The zero-order valence-corrected chi connectivity index (χ0v) is 12.9. The topological polar surface area (TPSA) is 46.0 Å². The average molecular weight is 267 g/mol. The quantitative estimate of drug-likeness (QED) is 0.699. The molecule has 0 aliphatic carbocycles. The number of hydrogen-bond donors (Lipinski definition) is 1. The molecule has 110 valence electrons. The maximum atomic E-state index is 4.37. The first-order valence-electron chi connectivity index (χ1n) is 7.57. The fourth-order valence-electron chi connectivity index (χ4n) is 2.37. The first kappa shape index (κ1) is 16.1. The van der Waals surface area contributed by atoms with Crippen LogP contribution < -0.4 is 5.32 Å². The highest BCUT2D eigenvalue weighted by Gasteiger charge is 2.13. The summed E-state index contributed by atoms with van der Waals surface area (Å²) in [5, 5.41) is 7.81. The Morgan fingerprint density at radius 2 is 2.00 bits per heavy atom. The summed E-state index contributed by atoms with van der Waals surface area (Å²) in [7, 11) is 0. The van der Waals surface area contributed by atoms with Crippen molar-refractivity contribution in [3.63, 3.8) is 0 Å². The molecule has 0 aliphatic heterocycles. The van der Waals surface area contributed by atoms with Crippen LogP contribution in [-0.4, -0.2) is 51.9 Å². The molecule has 5 nitrogen and oxygen atoms in total. The lowest BCUT2D eigenvalue weighted by Crippen LogP contribution is -2.36. The molecule has 0 fully saturated rings. The Morgan fingerprint density at radius 1 is 1.26 bits per heavy atom. The summed E-state index contributed by atoms with van der Waals surface area (Å²) in [6.07, 6.45) is 3.78. The van der Waals surface area contributed by atoms with E-state index >= 15 is 0 Å². The maximum absolute atomic E-state index is 4.37. The Morgan fingerprint density at radius 3 is 2.58 bits per heavy atom. The number of hydrogen-bond acceptors (Lipinski definition) is 4. The molecule has 0 radical (unpaired) electrons. The van der Waals surface area contributed by atoms with E-state index < -0.39 is 0 Å². The first-order valence-corrected chi connectivity index (χ1v) is 7.57. The van der Waals surface area contributed by atoms with Gasteiger partial charge in [0.1, 0.15) is 12.2 Å². The summed E-state index contributed by atoms with van der Waals surface area (Å²) in [6, 6.07) is 0.486. The highest BCUT2D eigenvalue weighted by Crippen LogP contribution is 2.05. The van der Waals surface area contributed by atoms with Crippen molar-refractivity contribution in [3.8, 4) is 0 Å². The largest absolute Gasteiger partial charge is 0.314 e. The lowest BCUT2D eigenvalue weighted by atomic mass is 10.1. The second-order valence-electron chi connectivity index (χ2n) is 4.77. The van der Waals surface area contributed by atoms with Crippen LogP contribution in [0.2, 0.25) is 0 Å². The zero-order chi connectivity index (χ0) is 14.1. The Bertz CT molecular complexity index is 332. The van der Waals surface area contributed by atoms with Crippen LogP contribution >= 0.6 is 0 Å². The van der Waals surface area contributed by atoms with Crippen LogP contribution in [0.5, 0.6) is 0 Å². The van der Waals surface area contributed by atoms with Gasteiger partial charge in [0, 0.05) is 19.0 Å². The molecule has 0 aromatic carbocycles. The predicted molar refractivity (Wildman–Crippen MR) is 79.3 cm³/mol. The minimum atomic E-state index is 0.486. The second-order valence-corrected chi connectivity index (χ2v) is 4.77. The third kappa shape index (κ3) is 5.28. The van der Waals surface area contributed by atoms with E-state index in [1.54, 1.807) is 6.33 Å². The molecule has 1 rings (SSSR count). The van der Waals surface area contributed by atoms with Gasteiger partial charge in [-0.3, -0.25) is 4.68 Å². The summed E-state index contributed by atoms with van der Waals surface area (Å²) in [6.45, 7) is 14.0. The van der Waals surface area contributed by atoms with Gasteiger partial charge in [-0.05, 0) is 39.5 Å². The molecule has 5 heteroatoms. The van der Waals surface area contributed by atoms with Gasteiger partial charge in [0.2, 0.25) is 0 Å². The molecule has 1 N–H and O–H groups in total. The van der Waals surface area contributed by atoms with Crippen molar-refractivity contribution in [2.45, 2.75) is 53.1 Å². The van der Waals surface area contributed by atoms with Crippen LogP contribution in [-0.2, 0) is 13.0 Å². The van der Waals surface area contributed by atoms with Gasteiger partial charge in [0.15, 0.2) is 0 Å². The molecule has 0 aliphatic rings. The Hall–Kier alpha value is -0.940. The molecule has 1 heterocycles. The smallest absolute Gasteiger partial charge is 0.138 e. The number of likely N-dealkylation sites (N-methyl/N-ethyl adjacent to an activating group) is 1. The molecule has 1 unspecified atom stereocenters. The highest BCUT2D eigenvalue weighted by atomic mass is 15.3. The van der Waals surface area contributed by atoms with Crippen LogP contribution in [0, 0.1) is 0 Å². The fourth-order valence-corrected chi connectivity index (χ4v) is 2.37. The Labute approximate surface area is 117 Å². The molecule has 0 bridgehead atoms. The van der Waals surface area contributed by atoms with Crippen molar-refractivity contribution in [3.05, 3.63) is 12.2 Å². The minimum Gasteiger partial charge on any atom is -0.314 e. The van der Waals surface area contributed by atoms with Crippen molar-refractivity contribution in [2.24, 2.45) is 0 Å². The first-order chi connectivity index (χ1) is 9.24. The van der Waals surface area contributed by atoms with E-state index in [9.17, 15) is 0 Å². The van der Waals surface area contributed by atoms with E-state index in [-0.39, 0.29) is 0 Å². The van der Waals surface area contributed by atoms with Gasteiger partial charge in [-0.2, -0.15) is 5.10 Å². The minimum absolute atomic E-state index is 0.486. The van der Waals surface area contributed by atoms with Gasteiger partial charge in [0.05, 0.1) is 0 Å². The van der Waals surface area contributed by atoms with E-state index in [0.29, 0.717) is 6.04 Å². The van der Waals surface area contributed by atoms with Gasteiger partial charge in [-0.25, -0.2) is 4.98 Å². The van der Waals surface area contributed by atoms with E-state index in [1.807, 2.05) is 4.68 Å². The molecule has 1 aromatic rings. The van der Waals surface area contributed by atoms with Crippen molar-refractivity contribution in [2.75, 3.05) is 26.2 Å². The van der Waals surface area contributed by atoms with E-state index in [4.69, 9.17) is 0 Å². The molecule has 19 heavy (non-hydrogen) atoms. The SMILES string of the molecule is CCNC(CCN(CC)CC)Cc1ncnn1CC. The van der Waals surface area contributed by atoms with Crippen LogP contribution in [0.1, 0.15) is 39.9 Å². The maximum Gasteiger partial charge on any atom is 0.138 e. The number of rotatable bonds is 10. The summed E-state index contributed by atoms with van der Waals surface area (Å²) in [5.41, 5.74) is 0. The van der Waals surface area contributed by atoms with E-state index in [1.165, 1.54) is 0 Å². The van der Waals surface area contributed by atoms with E-state index in [0.717, 1.165) is 51.4 Å². The zero-order valence-electron chi connectivity index (χ0n) is 12.9. The normalized spacial score (nSPS) is 13.1. The molecule has 0 spiro atoms. The highest BCUT2D eigenvalue weighted by molar-refractivity contribution is 4.90. The fraction of sp³-hybridized carbons (Fsp3) is 0.857. The van der Waals surface area contributed by atoms with Crippen molar-refractivity contribution < 1.29 is 0 Å². The second kappa shape index (κ2) is 9.04. The number of nitrogens with zero attached hydrogens (tertiary/aromatic N) is 4. The lowest BCUT2D eigenvalue weighted by Gasteiger charge is -2.23. The predicted octanol–water partition coefficient (Wildman–Crippen LogP) is 1.55. The lowest BCUT2D eigenvalue weighted by molar-refractivity contribution is 0.279. The number of aryl methyl sites for hydroxylation is 1. The number of aromatic nitrogens is 3. The molecule has 0 amide bonds. The average Bonchev–Trinajstić information content (AvgIpc) is 2.87. The number of nitrogens with one attached hydrogen (secondary N) is 1. The Kier molecular flexibility index (Phi) is 7.67. The van der Waals surface area contributed by atoms with Gasteiger partial charge < -0.3 is 10.2 Å². The Balaban J connectivity index is 2.52. The van der Waals surface area contributed by atoms with Gasteiger partial charge in [0.25, 0.3) is 0 Å². The van der Waals surface area contributed by atoms with Crippen LogP contribution in [0.4, 0.5) is 0 Å². The van der Waals surface area contributed by atoms with Gasteiger partial charge >= 0.3 is 0 Å². The van der Waals surface area contributed by atoms with E-state index in [2.05, 4.69) is 48.0 Å². The third-order valence-corrected chi connectivity index (χ3v) is 3.61. The molecule has 0 saturated carbocycles. The van der Waals surface area contributed by atoms with Crippen LogP contribution in [0.25, 0.3) is 0 Å². The van der Waals surface area contributed by atoms with Crippen molar-refractivity contribution >= 4 is 0 Å². The van der Waals surface area contributed by atoms with Crippen molar-refractivity contribution in [1.82, 2.24) is 25.0 Å². The molecular formula is C14H29N5. The standard InChI is InChI=1S/C14H29N5/c1-5-15-13(9-10-18(6-2)7-3)11-14-16-12-17-19(14)8-4/h12-13,15H,5-11H2,1-4H3. The molecule has 1 aromatic heterocycles. The third-order valence-electron chi connectivity index (χ3n) is 3.61. The summed E-state index contributed by atoms with van der Waals surface area (Å²) >= 11 is 0. The molecule has 1 atom stereocenters. The van der Waals surface area contributed by atoms with Crippen molar-refractivity contribution in [1.29, 1.82) is 0 Å². The molecular weight excluding hydrogens is 238 g/mol. The van der Waals surface area contributed by atoms with Gasteiger partial charge in [-0.15, -0.1) is 0 Å². The monoisotopic (exact) mass is 267 g/mol. The summed E-state index contributed by atoms with van der Waals surface area (Å²) in [5.74, 6) is 1.09. The summed E-state index contributed by atoms with van der Waals surface area (Å²) < 4.78 is 1.99.